The SMILES string of the molecule is O=C(Nc1ccc(F)c(Cl)c1)c1ccc(F)c(S(=O)(=O)NC2CCCC2O)c1. The fraction of sp³-hybridized carbons (Fsp3) is 0.278. The smallest absolute Gasteiger partial charge is 0.255 e. The van der Waals surface area contributed by atoms with Crippen LogP contribution < -0.4 is 10.0 Å². The van der Waals surface area contributed by atoms with Crippen molar-refractivity contribution in [2.45, 2.75) is 36.3 Å². The van der Waals surface area contributed by atoms with E-state index in [9.17, 15) is 27.1 Å². The highest BCUT2D eigenvalue weighted by molar-refractivity contribution is 7.89. The van der Waals surface area contributed by atoms with E-state index in [4.69, 9.17) is 11.6 Å². The van der Waals surface area contributed by atoms with Crippen molar-refractivity contribution >= 4 is 33.2 Å². The van der Waals surface area contributed by atoms with Crippen LogP contribution in [0.25, 0.3) is 0 Å². The normalized spacial score (nSPS) is 19.6. The lowest BCUT2D eigenvalue weighted by Crippen LogP contribution is -2.40. The van der Waals surface area contributed by atoms with Gasteiger partial charge in [-0.2, -0.15) is 0 Å². The van der Waals surface area contributed by atoms with Crippen LogP contribution in [0, 0.1) is 11.6 Å². The number of carbonyl (C=O) groups excluding carboxylic acids is 1. The molecule has 0 radical (unpaired) electrons. The standard InChI is InChI=1S/C18H17ClF2N2O4S/c19-12-9-11(5-7-13(12)20)22-18(25)10-4-6-14(21)17(8-10)28(26,27)23-15-2-1-3-16(15)24/h4-9,15-16,23-24H,1-3H2,(H,22,25). The van der Waals surface area contributed by atoms with Crippen LogP contribution in [0.3, 0.4) is 0 Å². The Hall–Kier alpha value is -2.07. The summed E-state index contributed by atoms with van der Waals surface area (Å²) in [6.45, 7) is 0. The zero-order valence-corrected chi connectivity index (χ0v) is 16.0. The van der Waals surface area contributed by atoms with Crippen LogP contribution in [0.1, 0.15) is 29.6 Å². The molecule has 1 aliphatic carbocycles. The lowest BCUT2D eigenvalue weighted by atomic mass is 10.2. The van der Waals surface area contributed by atoms with E-state index in [1.807, 2.05) is 0 Å². The molecule has 1 fully saturated rings. The molecule has 2 atom stereocenters. The van der Waals surface area contributed by atoms with E-state index in [0.29, 0.717) is 19.3 Å². The first-order valence-corrected chi connectivity index (χ1v) is 10.3. The zero-order valence-electron chi connectivity index (χ0n) is 14.5. The van der Waals surface area contributed by atoms with Gasteiger partial charge in [0.05, 0.1) is 11.1 Å². The van der Waals surface area contributed by atoms with Crippen molar-refractivity contribution in [2.75, 3.05) is 5.32 Å². The van der Waals surface area contributed by atoms with Crippen molar-refractivity contribution in [1.82, 2.24) is 4.72 Å². The van der Waals surface area contributed by atoms with Gasteiger partial charge < -0.3 is 10.4 Å². The molecule has 28 heavy (non-hydrogen) atoms. The predicted molar refractivity (Wildman–Crippen MR) is 99.7 cm³/mol. The summed E-state index contributed by atoms with van der Waals surface area (Å²) in [5.74, 6) is -2.41. The Morgan fingerprint density at radius 1 is 1.11 bits per heavy atom. The lowest BCUT2D eigenvalue weighted by molar-refractivity contribution is 0.102. The number of amides is 1. The minimum Gasteiger partial charge on any atom is -0.391 e. The number of aliphatic hydroxyl groups excluding tert-OH is 1. The molecule has 2 aromatic carbocycles. The molecule has 1 saturated carbocycles. The Bertz CT molecular complexity index is 1020. The van der Waals surface area contributed by atoms with Crippen LogP contribution >= 0.6 is 11.6 Å². The zero-order chi connectivity index (χ0) is 20.5. The maximum atomic E-state index is 14.2. The van der Waals surface area contributed by atoms with Crippen LogP contribution in [0.4, 0.5) is 14.5 Å². The Morgan fingerprint density at radius 2 is 1.82 bits per heavy atom. The summed E-state index contributed by atoms with van der Waals surface area (Å²) in [7, 11) is -4.28. The Morgan fingerprint density at radius 3 is 2.46 bits per heavy atom. The van der Waals surface area contributed by atoms with Crippen LogP contribution in [-0.2, 0) is 10.0 Å². The van der Waals surface area contributed by atoms with Crippen molar-refractivity contribution < 1.29 is 27.1 Å². The second kappa shape index (κ2) is 8.12. The highest BCUT2D eigenvalue weighted by atomic mass is 35.5. The van der Waals surface area contributed by atoms with Crippen molar-refractivity contribution in [2.24, 2.45) is 0 Å². The number of benzene rings is 2. The molecule has 0 aliphatic heterocycles. The van der Waals surface area contributed by atoms with E-state index in [-0.39, 0.29) is 16.3 Å². The van der Waals surface area contributed by atoms with Crippen molar-refractivity contribution in [3.8, 4) is 0 Å². The predicted octanol–water partition coefficient (Wildman–Crippen LogP) is 3.06. The number of anilines is 1. The van der Waals surface area contributed by atoms with E-state index in [2.05, 4.69) is 10.0 Å². The summed E-state index contributed by atoms with van der Waals surface area (Å²) in [4.78, 5) is 11.7. The van der Waals surface area contributed by atoms with Crippen molar-refractivity contribution in [3.63, 3.8) is 0 Å². The average molecular weight is 431 g/mol. The van der Waals surface area contributed by atoms with Gasteiger partial charge in [-0.1, -0.05) is 11.6 Å². The van der Waals surface area contributed by atoms with Gasteiger partial charge in [-0.25, -0.2) is 21.9 Å². The molecule has 1 amide bonds. The highest BCUT2D eigenvalue weighted by Gasteiger charge is 2.31. The first kappa shape index (κ1) is 20.7. The van der Waals surface area contributed by atoms with Crippen LogP contribution in [-0.4, -0.2) is 31.6 Å². The summed E-state index contributed by atoms with van der Waals surface area (Å²) in [6, 6.07) is 5.73. The summed E-state index contributed by atoms with van der Waals surface area (Å²) in [5, 5.41) is 12.0. The molecule has 2 aromatic rings. The Labute approximate surface area is 165 Å². The van der Waals surface area contributed by atoms with Gasteiger partial charge in [0.15, 0.2) is 0 Å². The number of sulfonamides is 1. The van der Waals surface area contributed by atoms with Crippen molar-refractivity contribution in [1.29, 1.82) is 0 Å². The molecule has 3 N–H and O–H groups in total. The van der Waals surface area contributed by atoms with Gasteiger partial charge >= 0.3 is 0 Å². The number of carbonyl (C=O) groups is 1. The Kier molecular flexibility index (Phi) is 5.99. The van der Waals surface area contributed by atoms with E-state index in [0.717, 1.165) is 24.3 Å². The topological polar surface area (TPSA) is 95.5 Å². The number of halogens is 3. The second-order valence-electron chi connectivity index (χ2n) is 6.45. The molecule has 2 unspecified atom stereocenters. The molecule has 10 heteroatoms. The van der Waals surface area contributed by atoms with Gasteiger partial charge in [-0.05, 0) is 55.7 Å². The van der Waals surface area contributed by atoms with Gasteiger partial charge in [0.25, 0.3) is 5.91 Å². The summed E-state index contributed by atoms with van der Waals surface area (Å²) in [6.07, 6.45) is 0.707. The third kappa shape index (κ3) is 4.49. The molecule has 150 valence electrons. The minimum absolute atomic E-state index is 0.116. The quantitative estimate of drug-likeness (QED) is 0.679. The average Bonchev–Trinajstić information content (AvgIpc) is 3.02. The first-order valence-electron chi connectivity index (χ1n) is 8.44. The van der Waals surface area contributed by atoms with Gasteiger partial charge in [0, 0.05) is 17.3 Å². The largest absolute Gasteiger partial charge is 0.391 e. The fourth-order valence-electron chi connectivity index (χ4n) is 2.97. The number of rotatable bonds is 5. The third-order valence-corrected chi connectivity index (χ3v) is 6.24. The molecule has 0 spiro atoms. The van der Waals surface area contributed by atoms with Gasteiger partial charge in [0.2, 0.25) is 10.0 Å². The molecule has 0 aromatic heterocycles. The first-order chi connectivity index (χ1) is 13.2. The molecule has 3 rings (SSSR count). The molecule has 6 nitrogen and oxygen atoms in total. The van der Waals surface area contributed by atoms with Gasteiger partial charge in [-0.3, -0.25) is 4.79 Å². The number of hydrogen-bond acceptors (Lipinski definition) is 4. The van der Waals surface area contributed by atoms with Gasteiger partial charge in [0.1, 0.15) is 16.5 Å². The molecule has 0 bridgehead atoms. The molecule has 0 saturated heterocycles. The molecule has 1 aliphatic rings. The second-order valence-corrected chi connectivity index (χ2v) is 8.54. The number of aliphatic hydroxyl groups is 1. The maximum absolute atomic E-state index is 14.2. The molecular formula is C18H17ClF2N2O4S. The molecule has 0 heterocycles. The van der Waals surface area contributed by atoms with Crippen LogP contribution in [0.2, 0.25) is 5.02 Å². The summed E-state index contributed by atoms with van der Waals surface area (Å²) >= 11 is 5.66. The maximum Gasteiger partial charge on any atom is 0.255 e. The van der Waals surface area contributed by atoms with Crippen LogP contribution in [0.15, 0.2) is 41.3 Å². The van der Waals surface area contributed by atoms with E-state index in [1.54, 1.807) is 0 Å². The van der Waals surface area contributed by atoms with Crippen LogP contribution in [0.5, 0.6) is 0 Å². The Balaban J connectivity index is 1.83. The fourth-order valence-corrected chi connectivity index (χ4v) is 4.56. The highest BCUT2D eigenvalue weighted by Crippen LogP contribution is 2.24. The van der Waals surface area contributed by atoms with E-state index < -0.39 is 44.6 Å². The number of nitrogens with one attached hydrogen (secondary N) is 2. The summed E-state index contributed by atoms with van der Waals surface area (Å²) in [5.41, 5.74) is 0.0755. The van der Waals surface area contributed by atoms with Gasteiger partial charge in [-0.15, -0.1) is 0 Å². The minimum atomic E-state index is -4.28. The van der Waals surface area contributed by atoms with E-state index >= 15 is 0 Å². The van der Waals surface area contributed by atoms with Crippen molar-refractivity contribution in [3.05, 3.63) is 58.6 Å². The monoisotopic (exact) mass is 430 g/mol. The third-order valence-electron chi connectivity index (χ3n) is 4.45. The number of hydrogen-bond donors (Lipinski definition) is 3. The van der Waals surface area contributed by atoms with E-state index in [1.165, 1.54) is 12.1 Å². The summed E-state index contributed by atoms with van der Waals surface area (Å²) < 4.78 is 54.7. The lowest BCUT2D eigenvalue weighted by Gasteiger charge is -2.17. The molecular weight excluding hydrogens is 414 g/mol.